The second kappa shape index (κ2) is 5.32. The van der Waals surface area contributed by atoms with Crippen molar-refractivity contribution in [3.63, 3.8) is 0 Å². The summed E-state index contributed by atoms with van der Waals surface area (Å²) in [5.41, 5.74) is 0.341. The van der Waals surface area contributed by atoms with Crippen LogP contribution in [0.2, 0.25) is 0 Å². The van der Waals surface area contributed by atoms with E-state index in [1.165, 1.54) is 38.5 Å². The number of amides is 1. The van der Waals surface area contributed by atoms with Crippen molar-refractivity contribution in [3.8, 4) is 0 Å². The summed E-state index contributed by atoms with van der Waals surface area (Å²) in [4.78, 5) is 15.1. The lowest BCUT2D eigenvalue weighted by Crippen LogP contribution is -2.44. The number of hydrogen-bond acceptors (Lipinski definition) is 2. The van der Waals surface area contributed by atoms with Gasteiger partial charge in [-0.15, -0.1) is 0 Å². The van der Waals surface area contributed by atoms with Gasteiger partial charge in [-0.1, -0.05) is 46.5 Å². The zero-order valence-electron chi connectivity index (χ0n) is 13.3. The summed E-state index contributed by atoms with van der Waals surface area (Å²) in [6.45, 7) is 6.81. The van der Waals surface area contributed by atoms with Gasteiger partial charge in [-0.25, -0.2) is 0 Å². The van der Waals surface area contributed by atoms with Gasteiger partial charge in [-0.2, -0.15) is 0 Å². The van der Waals surface area contributed by atoms with Gasteiger partial charge in [0.25, 0.3) is 0 Å². The van der Waals surface area contributed by atoms with Crippen LogP contribution in [0.25, 0.3) is 0 Å². The highest BCUT2D eigenvalue weighted by Gasteiger charge is 2.57. The zero-order valence-corrected chi connectivity index (χ0v) is 13.3. The van der Waals surface area contributed by atoms with Crippen molar-refractivity contribution in [1.29, 1.82) is 0 Å². The summed E-state index contributed by atoms with van der Waals surface area (Å²) in [6, 6.07) is 0.580. The first-order valence-electron chi connectivity index (χ1n) is 8.63. The van der Waals surface area contributed by atoms with E-state index in [0.29, 0.717) is 29.4 Å². The lowest BCUT2D eigenvalue weighted by molar-refractivity contribution is -0.131. The first-order chi connectivity index (χ1) is 9.54. The fourth-order valence-corrected chi connectivity index (χ4v) is 4.19. The molecular weight excluding hydrogens is 248 g/mol. The van der Waals surface area contributed by atoms with Crippen molar-refractivity contribution in [3.05, 3.63) is 0 Å². The number of carbonyl (C=O) groups excluding carboxylic acids is 1. The van der Waals surface area contributed by atoms with Gasteiger partial charge in [0.2, 0.25) is 5.91 Å². The average molecular weight is 278 g/mol. The van der Waals surface area contributed by atoms with E-state index >= 15 is 0 Å². The smallest absolute Gasteiger partial charge is 0.241 e. The maximum atomic E-state index is 12.8. The van der Waals surface area contributed by atoms with Crippen LogP contribution in [0, 0.1) is 11.3 Å². The van der Waals surface area contributed by atoms with Gasteiger partial charge in [0, 0.05) is 6.04 Å². The van der Waals surface area contributed by atoms with Gasteiger partial charge < -0.3 is 4.90 Å². The third kappa shape index (κ3) is 2.49. The lowest BCUT2D eigenvalue weighted by atomic mass is 10.0. The molecule has 1 aliphatic heterocycles. The molecule has 1 saturated heterocycles. The van der Waals surface area contributed by atoms with Crippen molar-refractivity contribution in [1.82, 2.24) is 10.2 Å². The Balaban J connectivity index is 1.74. The molecule has 0 aromatic heterocycles. The zero-order chi connectivity index (χ0) is 14.3. The molecule has 0 aromatic carbocycles. The van der Waals surface area contributed by atoms with E-state index in [2.05, 4.69) is 31.0 Å². The van der Waals surface area contributed by atoms with E-state index in [0.717, 1.165) is 12.8 Å². The molecule has 1 N–H and O–H groups in total. The van der Waals surface area contributed by atoms with Gasteiger partial charge in [-0.3, -0.25) is 10.1 Å². The molecule has 0 spiro atoms. The molecule has 3 aliphatic rings. The fraction of sp³-hybridized carbons (Fsp3) is 0.941. The Bertz CT molecular complexity index is 373. The Kier molecular flexibility index (Phi) is 3.83. The summed E-state index contributed by atoms with van der Waals surface area (Å²) < 4.78 is 0. The van der Waals surface area contributed by atoms with Crippen molar-refractivity contribution >= 4 is 5.91 Å². The molecule has 2 saturated carbocycles. The molecule has 114 valence electrons. The third-order valence-electron chi connectivity index (χ3n) is 5.71. The minimum absolute atomic E-state index is 0.0944. The van der Waals surface area contributed by atoms with Crippen LogP contribution in [0.3, 0.4) is 0 Å². The molecule has 2 aliphatic carbocycles. The Morgan fingerprint density at radius 2 is 1.95 bits per heavy atom. The van der Waals surface area contributed by atoms with Crippen molar-refractivity contribution < 1.29 is 4.79 Å². The third-order valence-corrected chi connectivity index (χ3v) is 5.71. The van der Waals surface area contributed by atoms with E-state index in [4.69, 9.17) is 0 Å². The summed E-state index contributed by atoms with van der Waals surface area (Å²) in [5, 5.41) is 3.70. The van der Waals surface area contributed by atoms with Gasteiger partial charge in [0.1, 0.15) is 0 Å². The molecule has 20 heavy (non-hydrogen) atoms. The molecule has 3 atom stereocenters. The standard InChI is InChI=1S/C17H30N2O/c1-4-5-10-13-16(20)19(14-11-17(14,2)3)15(18-13)12-8-6-7-9-12/h12-15,18H,4-11H2,1-3H3. The maximum Gasteiger partial charge on any atom is 0.241 e. The summed E-state index contributed by atoms with van der Waals surface area (Å²) in [5.74, 6) is 1.09. The summed E-state index contributed by atoms with van der Waals surface area (Å²) in [6.07, 6.45) is 10.2. The second-order valence-corrected chi connectivity index (χ2v) is 7.80. The van der Waals surface area contributed by atoms with Crippen LogP contribution in [-0.2, 0) is 4.79 Å². The van der Waals surface area contributed by atoms with Crippen LogP contribution in [0.15, 0.2) is 0 Å². The number of nitrogens with zero attached hydrogens (tertiary/aromatic N) is 1. The van der Waals surface area contributed by atoms with Crippen LogP contribution in [0.5, 0.6) is 0 Å². The Labute approximate surface area is 123 Å². The first kappa shape index (κ1) is 14.4. The molecule has 3 heteroatoms. The molecule has 0 radical (unpaired) electrons. The SMILES string of the molecule is CCCCC1NC(C2CCCC2)N(C2CC2(C)C)C1=O. The van der Waals surface area contributed by atoms with Crippen LogP contribution >= 0.6 is 0 Å². The topological polar surface area (TPSA) is 32.3 Å². The van der Waals surface area contributed by atoms with Crippen molar-refractivity contribution in [2.24, 2.45) is 11.3 Å². The van der Waals surface area contributed by atoms with E-state index in [1.54, 1.807) is 0 Å². The highest BCUT2D eigenvalue weighted by molar-refractivity contribution is 5.85. The van der Waals surface area contributed by atoms with Crippen LogP contribution in [0.4, 0.5) is 0 Å². The number of unbranched alkanes of at least 4 members (excludes halogenated alkanes) is 1. The van der Waals surface area contributed by atoms with E-state index < -0.39 is 0 Å². The Hall–Kier alpha value is -0.570. The van der Waals surface area contributed by atoms with E-state index in [1.807, 2.05) is 0 Å². The van der Waals surface area contributed by atoms with Crippen molar-refractivity contribution in [2.75, 3.05) is 0 Å². The monoisotopic (exact) mass is 278 g/mol. The number of rotatable bonds is 5. The van der Waals surface area contributed by atoms with Crippen LogP contribution in [0.1, 0.15) is 72.1 Å². The predicted molar refractivity (Wildman–Crippen MR) is 81.2 cm³/mol. The molecule has 0 bridgehead atoms. The number of nitrogens with one attached hydrogen (secondary N) is 1. The van der Waals surface area contributed by atoms with E-state index in [-0.39, 0.29) is 6.04 Å². The Morgan fingerprint density at radius 1 is 1.30 bits per heavy atom. The van der Waals surface area contributed by atoms with Gasteiger partial charge in [0.05, 0.1) is 12.2 Å². The predicted octanol–water partition coefficient (Wildman–Crippen LogP) is 3.29. The molecule has 3 unspecified atom stereocenters. The molecule has 0 aromatic rings. The molecule has 3 rings (SSSR count). The largest absolute Gasteiger partial charge is 0.322 e. The molecule has 3 fully saturated rings. The Morgan fingerprint density at radius 3 is 2.50 bits per heavy atom. The normalized spacial score (nSPS) is 36.9. The summed E-state index contributed by atoms with van der Waals surface area (Å²) >= 11 is 0. The molecule has 1 amide bonds. The van der Waals surface area contributed by atoms with Crippen molar-refractivity contribution in [2.45, 2.75) is 90.4 Å². The maximum absolute atomic E-state index is 12.8. The van der Waals surface area contributed by atoms with E-state index in [9.17, 15) is 4.79 Å². The highest BCUT2D eigenvalue weighted by atomic mass is 16.2. The lowest BCUT2D eigenvalue weighted by Gasteiger charge is -2.30. The minimum Gasteiger partial charge on any atom is -0.322 e. The van der Waals surface area contributed by atoms with Crippen LogP contribution < -0.4 is 5.32 Å². The highest BCUT2D eigenvalue weighted by Crippen LogP contribution is 2.51. The van der Waals surface area contributed by atoms with Gasteiger partial charge >= 0.3 is 0 Å². The molecular formula is C17H30N2O. The number of carbonyl (C=O) groups is 1. The molecule has 1 heterocycles. The quantitative estimate of drug-likeness (QED) is 0.837. The first-order valence-corrected chi connectivity index (χ1v) is 8.63. The van der Waals surface area contributed by atoms with Gasteiger partial charge in [0.15, 0.2) is 0 Å². The molecule has 3 nitrogen and oxygen atoms in total. The van der Waals surface area contributed by atoms with Crippen LogP contribution in [-0.4, -0.2) is 29.1 Å². The number of hydrogen-bond donors (Lipinski definition) is 1. The summed E-state index contributed by atoms with van der Waals surface area (Å²) in [7, 11) is 0. The van der Waals surface area contributed by atoms with Gasteiger partial charge in [-0.05, 0) is 37.0 Å². The second-order valence-electron chi connectivity index (χ2n) is 7.80. The fourth-order valence-electron chi connectivity index (χ4n) is 4.19. The average Bonchev–Trinajstić information content (AvgIpc) is 2.84. The minimum atomic E-state index is 0.0944.